The van der Waals surface area contributed by atoms with Gasteiger partial charge in [0.25, 0.3) is 0 Å². The SMILES string of the molecule is CC(C)NCc1c(Cl)cccc1N1CC2CCC(O)C2C1. The topological polar surface area (TPSA) is 35.5 Å². The van der Waals surface area contributed by atoms with Crippen LogP contribution in [0.3, 0.4) is 0 Å². The lowest BCUT2D eigenvalue weighted by Crippen LogP contribution is -2.27. The molecule has 3 rings (SSSR count). The van der Waals surface area contributed by atoms with Crippen LogP contribution in [0.1, 0.15) is 32.3 Å². The van der Waals surface area contributed by atoms with Crippen molar-refractivity contribution in [3.8, 4) is 0 Å². The van der Waals surface area contributed by atoms with Crippen LogP contribution in [0.5, 0.6) is 0 Å². The van der Waals surface area contributed by atoms with Crippen LogP contribution in [-0.4, -0.2) is 30.3 Å². The Balaban J connectivity index is 1.80. The van der Waals surface area contributed by atoms with E-state index in [0.717, 1.165) is 37.5 Å². The first kappa shape index (κ1) is 15.1. The molecule has 2 N–H and O–H groups in total. The zero-order chi connectivity index (χ0) is 15.0. The molecule has 3 unspecified atom stereocenters. The number of hydrogen-bond acceptors (Lipinski definition) is 3. The van der Waals surface area contributed by atoms with E-state index in [1.807, 2.05) is 12.1 Å². The van der Waals surface area contributed by atoms with Gasteiger partial charge in [-0.3, -0.25) is 0 Å². The van der Waals surface area contributed by atoms with Gasteiger partial charge in [0.1, 0.15) is 0 Å². The summed E-state index contributed by atoms with van der Waals surface area (Å²) in [6, 6.07) is 6.60. The molecule has 1 aliphatic carbocycles. The van der Waals surface area contributed by atoms with E-state index in [9.17, 15) is 5.11 Å². The number of halogens is 1. The third kappa shape index (κ3) is 3.05. The summed E-state index contributed by atoms with van der Waals surface area (Å²) in [4.78, 5) is 2.42. The summed E-state index contributed by atoms with van der Waals surface area (Å²) in [5.41, 5.74) is 2.42. The first-order valence-electron chi connectivity index (χ1n) is 8.00. The van der Waals surface area contributed by atoms with Crippen LogP contribution in [0.25, 0.3) is 0 Å². The Kier molecular flexibility index (Phi) is 4.43. The Morgan fingerprint density at radius 3 is 2.86 bits per heavy atom. The van der Waals surface area contributed by atoms with Gasteiger partial charge in [0.15, 0.2) is 0 Å². The third-order valence-electron chi connectivity index (χ3n) is 4.94. The zero-order valence-corrected chi connectivity index (χ0v) is 13.6. The number of aliphatic hydroxyl groups is 1. The third-order valence-corrected chi connectivity index (χ3v) is 5.30. The molecule has 0 radical (unpaired) electrons. The Labute approximate surface area is 132 Å². The summed E-state index contributed by atoms with van der Waals surface area (Å²) in [6.07, 6.45) is 2.01. The smallest absolute Gasteiger partial charge is 0.0588 e. The Bertz CT molecular complexity index is 506. The minimum atomic E-state index is -0.114. The van der Waals surface area contributed by atoms with Gasteiger partial charge in [-0.2, -0.15) is 0 Å². The number of benzene rings is 1. The van der Waals surface area contributed by atoms with Gasteiger partial charge in [-0.05, 0) is 30.9 Å². The molecule has 0 bridgehead atoms. The zero-order valence-electron chi connectivity index (χ0n) is 12.8. The van der Waals surface area contributed by atoms with E-state index in [4.69, 9.17) is 11.6 Å². The van der Waals surface area contributed by atoms with E-state index >= 15 is 0 Å². The maximum Gasteiger partial charge on any atom is 0.0588 e. The van der Waals surface area contributed by atoms with Crippen LogP contribution < -0.4 is 10.2 Å². The summed E-state index contributed by atoms with van der Waals surface area (Å²) in [5.74, 6) is 1.08. The van der Waals surface area contributed by atoms with Crippen molar-refractivity contribution in [2.24, 2.45) is 11.8 Å². The van der Waals surface area contributed by atoms with E-state index in [0.29, 0.717) is 17.9 Å². The summed E-state index contributed by atoms with van der Waals surface area (Å²) >= 11 is 6.42. The molecule has 1 aliphatic heterocycles. The number of hydrogen-bond donors (Lipinski definition) is 2. The molecule has 1 saturated heterocycles. The molecule has 21 heavy (non-hydrogen) atoms. The van der Waals surface area contributed by atoms with Crippen LogP contribution >= 0.6 is 11.6 Å². The predicted molar refractivity (Wildman–Crippen MR) is 87.9 cm³/mol. The number of fused-ring (bicyclic) bond motifs is 1. The molecule has 4 heteroatoms. The quantitative estimate of drug-likeness (QED) is 0.897. The van der Waals surface area contributed by atoms with Crippen LogP contribution in [0, 0.1) is 11.8 Å². The monoisotopic (exact) mass is 308 g/mol. The minimum absolute atomic E-state index is 0.114. The van der Waals surface area contributed by atoms with Gasteiger partial charge in [0.2, 0.25) is 0 Å². The summed E-state index contributed by atoms with van der Waals surface area (Å²) in [7, 11) is 0. The van der Waals surface area contributed by atoms with Crippen molar-refractivity contribution in [3.05, 3.63) is 28.8 Å². The van der Waals surface area contributed by atoms with E-state index in [1.54, 1.807) is 0 Å². The highest BCUT2D eigenvalue weighted by Crippen LogP contribution is 2.41. The second-order valence-corrected chi connectivity index (χ2v) is 7.15. The Hall–Kier alpha value is -0.770. The lowest BCUT2D eigenvalue weighted by Gasteiger charge is -2.25. The Morgan fingerprint density at radius 1 is 1.33 bits per heavy atom. The second-order valence-electron chi connectivity index (χ2n) is 6.75. The van der Waals surface area contributed by atoms with Gasteiger partial charge >= 0.3 is 0 Å². The van der Waals surface area contributed by atoms with Crippen molar-refractivity contribution in [3.63, 3.8) is 0 Å². The van der Waals surface area contributed by atoms with Crippen LogP contribution in [0.2, 0.25) is 5.02 Å². The molecule has 1 aromatic carbocycles. The van der Waals surface area contributed by atoms with Gasteiger partial charge in [-0.25, -0.2) is 0 Å². The fourth-order valence-corrected chi connectivity index (χ4v) is 3.99. The van der Waals surface area contributed by atoms with Gasteiger partial charge in [-0.1, -0.05) is 31.5 Å². The molecule has 1 saturated carbocycles. The molecule has 0 spiro atoms. The van der Waals surface area contributed by atoms with Crippen LogP contribution in [-0.2, 0) is 6.54 Å². The molecule has 116 valence electrons. The standard InChI is InChI=1S/C17H25ClN2O/c1-11(2)19-8-13-15(18)4-3-5-16(13)20-9-12-6-7-17(21)14(12)10-20/h3-5,11-12,14,17,19,21H,6-10H2,1-2H3. The van der Waals surface area contributed by atoms with E-state index in [2.05, 4.69) is 30.1 Å². The van der Waals surface area contributed by atoms with E-state index < -0.39 is 0 Å². The van der Waals surface area contributed by atoms with Gasteiger partial charge in [-0.15, -0.1) is 0 Å². The van der Waals surface area contributed by atoms with Crippen molar-refractivity contribution in [2.45, 2.75) is 45.4 Å². The highest BCUT2D eigenvalue weighted by atomic mass is 35.5. The van der Waals surface area contributed by atoms with Crippen LogP contribution in [0.4, 0.5) is 5.69 Å². The minimum Gasteiger partial charge on any atom is -0.393 e. The highest BCUT2D eigenvalue weighted by Gasteiger charge is 2.42. The molecular formula is C17H25ClN2O. The predicted octanol–water partition coefficient (Wildman–Crippen LogP) is 3.05. The fourth-order valence-electron chi connectivity index (χ4n) is 3.76. The summed E-state index contributed by atoms with van der Waals surface area (Å²) in [6.45, 7) is 7.10. The van der Waals surface area contributed by atoms with Gasteiger partial charge < -0.3 is 15.3 Å². The van der Waals surface area contributed by atoms with E-state index in [1.165, 1.54) is 11.3 Å². The number of anilines is 1. The number of nitrogens with one attached hydrogen (secondary N) is 1. The second kappa shape index (κ2) is 6.15. The molecule has 2 fully saturated rings. The van der Waals surface area contributed by atoms with Gasteiger partial charge in [0, 0.05) is 47.9 Å². The number of nitrogens with zero attached hydrogens (tertiary/aromatic N) is 1. The van der Waals surface area contributed by atoms with Crippen molar-refractivity contribution in [1.29, 1.82) is 0 Å². The van der Waals surface area contributed by atoms with Crippen molar-refractivity contribution in [2.75, 3.05) is 18.0 Å². The molecule has 3 atom stereocenters. The number of rotatable bonds is 4. The molecule has 2 aliphatic rings. The van der Waals surface area contributed by atoms with Crippen LogP contribution in [0.15, 0.2) is 18.2 Å². The van der Waals surface area contributed by atoms with Gasteiger partial charge in [0.05, 0.1) is 6.10 Å². The molecule has 0 aromatic heterocycles. The molecule has 1 aromatic rings. The fraction of sp³-hybridized carbons (Fsp3) is 0.647. The lowest BCUT2D eigenvalue weighted by atomic mass is 10.00. The summed E-state index contributed by atoms with van der Waals surface area (Å²) < 4.78 is 0. The van der Waals surface area contributed by atoms with Crippen molar-refractivity contribution in [1.82, 2.24) is 5.32 Å². The average molecular weight is 309 g/mol. The molecular weight excluding hydrogens is 284 g/mol. The largest absolute Gasteiger partial charge is 0.393 e. The number of aliphatic hydroxyl groups excluding tert-OH is 1. The van der Waals surface area contributed by atoms with E-state index in [-0.39, 0.29) is 6.10 Å². The Morgan fingerprint density at radius 2 is 2.14 bits per heavy atom. The normalized spacial score (nSPS) is 28.4. The first-order chi connectivity index (χ1) is 10.1. The average Bonchev–Trinajstić information content (AvgIpc) is 3.00. The van der Waals surface area contributed by atoms with Crippen molar-refractivity contribution < 1.29 is 5.11 Å². The maximum atomic E-state index is 10.1. The highest BCUT2D eigenvalue weighted by molar-refractivity contribution is 6.31. The molecule has 1 heterocycles. The molecule has 0 amide bonds. The first-order valence-corrected chi connectivity index (χ1v) is 8.38. The maximum absolute atomic E-state index is 10.1. The molecule has 3 nitrogen and oxygen atoms in total. The van der Waals surface area contributed by atoms with Crippen molar-refractivity contribution >= 4 is 17.3 Å². The summed E-state index contributed by atoms with van der Waals surface area (Å²) in [5, 5.41) is 14.4. The lowest BCUT2D eigenvalue weighted by molar-refractivity contribution is 0.133.